The molecule has 0 radical (unpaired) electrons. The maximum Gasteiger partial charge on any atom is 0.352 e. The molecule has 2 N–H and O–H groups in total. The number of ether oxygens (including phenoxy) is 2. The summed E-state index contributed by atoms with van der Waals surface area (Å²) < 4.78 is 12.4. The fourth-order valence-corrected chi connectivity index (χ4v) is 4.07. The van der Waals surface area contributed by atoms with Crippen molar-refractivity contribution in [3.63, 3.8) is 0 Å². The highest BCUT2D eigenvalue weighted by Crippen LogP contribution is 2.32. The van der Waals surface area contributed by atoms with Crippen molar-refractivity contribution in [3.8, 4) is 17.2 Å². The summed E-state index contributed by atoms with van der Waals surface area (Å²) in [6.45, 7) is 3.75. The first-order valence-electron chi connectivity index (χ1n) is 10.9. The van der Waals surface area contributed by atoms with E-state index >= 15 is 0 Å². The fourth-order valence-electron chi connectivity index (χ4n) is 3.71. The van der Waals surface area contributed by atoms with Gasteiger partial charge >= 0.3 is 5.97 Å². The molecular formula is C27H24BrNO5. The van der Waals surface area contributed by atoms with Crippen molar-refractivity contribution >= 4 is 33.9 Å². The van der Waals surface area contributed by atoms with Crippen LogP contribution in [0.15, 0.2) is 76.9 Å². The molecule has 1 heterocycles. The Balaban J connectivity index is 1.46. The van der Waals surface area contributed by atoms with Crippen LogP contribution in [-0.4, -0.2) is 23.1 Å². The molecule has 0 fully saturated rings. The van der Waals surface area contributed by atoms with E-state index in [1.165, 1.54) is 6.08 Å². The van der Waals surface area contributed by atoms with Gasteiger partial charge in [-0.3, -0.25) is 4.79 Å². The molecule has 174 valence electrons. The molecule has 6 nitrogen and oxygen atoms in total. The van der Waals surface area contributed by atoms with Gasteiger partial charge in [-0.25, -0.2) is 4.79 Å². The maximum absolute atomic E-state index is 12.8. The zero-order valence-electron chi connectivity index (χ0n) is 18.7. The minimum absolute atomic E-state index is 0.113. The molecule has 2 unspecified atom stereocenters. The monoisotopic (exact) mass is 521 g/mol. The SMILES string of the molecule is CC1Cc2cc(C(C)C(=O)N/C(=C/c3ccc(Oc4ccccc4Br)cc3)C(=O)O)ccc2O1. The zero-order chi connectivity index (χ0) is 24.2. The molecule has 1 aliphatic rings. The second kappa shape index (κ2) is 10.1. The van der Waals surface area contributed by atoms with Crippen LogP contribution in [0.4, 0.5) is 0 Å². The summed E-state index contributed by atoms with van der Waals surface area (Å²) in [5, 5.41) is 12.2. The summed E-state index contributed by atoms with van der Waals surface area (Å²) in [6, 6.07) is 20.1. The summed E-state index contributed by atoms with van der Waals surface area (Å²) in [4.78, 5) is 24.6. The average Bonchev–Trinajstić information content (AvgIpc) is 3.19. The molecule has 34 heavy (non-hydrogen) atoms. The smallest absolute Gasteiger partial charge is 0.352 e. The van der Waals surface area contributed by atoms with Crippen molar-refractivity contribution < 1.29 is 24.2 Å². The van der Waals surface area contributed by atoms with Gasteiger partial charge < -0.3 is 19.9 Å². The quantitative estimate of drug-likeness (QED) is 0.377. The first kappa shape index (κ1) is 23.6. The van der Waals surface area contributed by atoms with Crippen molar-refractivity contribution in [2.24, 2.45) is 0 Å². The topological polar surface area (TPSA) is 84.9 Å². The van der Waals surface area contributed by atoms with Crippen LogP contribution in [0.2, 0.25) is 0 Å². The number of aliphatic carboxylic acids is 1. The second-order valence-electron chi connectivity index (χ2n) is 8.18. The van der Waals surface area contributed by atoms with Gasteiger partial charge in [0.15, 0.2) is 0 Å². The lowest BCUT2D eigenvalue weighted by Crippen LogP contribution is -2.30. The number of para-hydroxylation sites is 1. The highest BCUT2D eigenvalue weighted by molar-refractivity contribution is 9.10. The molecule has 0 saturated heterocycles. The van der Waals surface area contributed by atoms with Crippen LogP contribution in [0.25, 0.3) is 6.08 Å². The molecule has 0 bridgehead atoms. The standard InChI is InChI=1S/C27H24BrNO5/c1-16-13-20-15-19(9-12-24(20)33-16)17(2)26(30)29-23(27(31)32)14-18-7-10-21(11-8-18)34-25-6-4-3-5-22(25)28/h3-12,14-17H,13H2,1-2H3,(H,29,30)(H,31,32)/b23-14+. The van der Waals surface area contributed by atoms with E-state index in [4.69, 9.17) is 9.47 Å². The number of nitrogens with one attached hydrogen (secondary N) is 1. The number of carbonyl (C=O) groups excluding carboxylic acids is 1. The van der Waals surface area contributed by atoms with Crippen LogP contribution in [-0.2, 0) is 16.0 Å². The van der Waals surface area contributed by atoms with Crippen LogP contribution in [0.5, 0.6) is 17.2 Å². The number of carboxylic acids is 1. The summed E-state index contributed by atoms with van der Waals surface area (Å²) in [5.41, 5.74) is 2.29. The Morgan fingerprint density at radius 1 is 1.15 bits per heavy atom. The normalized spacial score (nSPS) is 15.7. The van der Waals surface area contributed by atoms with Crippen molar-refractivity contribution in [3.05, 3.63) is 93.6 Å². The van der Waals surface area contributed by atoms with Crippen LogP contribution in [0, 0.1) is 0 Å². The molecule has 0 spiro atoms. The largest absolute Gasteiger partial charge is 0.490 e. The molecule has 0 saturated carbocycles. The van der Waals surface area contributed by atoms with E-state index in [-0.39, 0.29) is 11.8 Å². The van der Waals surface area contributed by atoms with Crippen LogP contribution in [0.3, 0.4) is 0 Å². The third-order valence-corrected chi connectivity index (χ3v) is 6.21. The molecule has 3 aromatic rings. The van der Waals surface area contributed by atoms with E-state index in [9.17, 15) is 14.7 Å². The summed E-state index contributed by atoms with van der Waals surface area (Å²) in [7, 11) is 0. The lowest BCUT2D eigenvalue weighted by molar-refractivity contribution is -0.134. The van der Waals surface area contributed by atoms with Gasteiger partial charge in [0.2, 0.25) is 5.91 Å². The lowest BCUT2D eigenvalue weighted by Gasteiger charge is -2.14. The highest BCUT2D eigenvalue weighted by atomic mass is 79.9. The fraction of sp³-hybridized carbons (Fsp3) is 0.185. The van der Waals surface area contributed by atoms with E-state index in [1.54, 1.807) is 31.2 Å². The van der Waals surface area contributed by atoms with Crippen molar-refractivity contribution in [1.29, 1.82) is 0 Å². The second-order valence-corrected chi connectivity index (χ2v) is 9.03. The van der Waals surface area contributed by atoms with E-state index < -0.39 is 17.8 Å². The van der Waals surface area contributed by atoms with Gasteiger partial charge in [-0.15, -0.1) is 0 Å². The Morgan fingerprint density at radius 2 is 1.88 bits per heavy atom. The Morgan fingerprint density at radius 3 is 2.59 bits per heavy atom. The first-order chi connectivity index (χ1) is 16.3. The lowest BCUT2D eigenvalue weighted by atomic mass is 9.96. The Bertz CT molecular complexity index is 1250. The minimum Gasteiger partial charge on any atom is -0.490 e. The number of halogens is 1. The van der Waals surface area contributed by atoms with Gasteiger partial charge in [0.1, 0.15) is 29.0 Å². The molecule has 1 amide bonds. The minimum atomic E-state index is -1.22. The molecule has 3 aromatic carbocycles. The van der Waals surface area contributed by atoms with Gasteiger partial charge in [0.05, 0.1) is 10.4 Å². The first-order valence-corrected chi connectivity index (χ1v) is 11.7. The third-order valence-electron chi connectivity index (χ3n) is 5.56. The van der Waals surface area contributed by atoms with E-state index in [0.29, 0.717) is 17.1 Å². The van der Waals surface area contributed by atoms with Gasteiger partial charge in [-0.2, -0.15) is 0 Å². The van der Waals surface area contributed by atoms with Crippen LogP contribution in [0.1, 0.15) is 36.5 Å². The number of hydrogen-bond acceptors (Lipinski definition) is 4. The summed E-state index contributed by atoms with van der Waals surface area (Å²) in [5.74, 6) is -0.0230. The number of fused-ring (bicyclic) bond motifs is 1. The van der Waals surface area contributed by atoms with E-state index in [0.717, 1.165) is 27.8 Å². The van der Waals surface area contributed by atoms with Crippen molar-refractivity contribution in [2.75, 3.05) is 0 Å². The van der Waals surface area contributed by atoms with Crippen LogP contribution < -0.4 is 14.8 Å². The highest BCUT2D eigenvalue weighted by Gasteiger charge is 2.23. The summed E-state index contributed by atoms with van der Waals surface area (Å²) in [6.07, 6.45) is 2.33. The number of amides is 1. The maximum atomic E-state index is 12.8. The van der Waals surface area contributed by atoms with Crippen molar-refractivity contribution in [1.82, 2.24) is 5.32 Å². The van der Waals surface area contributed by atoms with Crippen molar-refractivity contribution in [2.45, 2.75) is 32.3 Å². The van der Waals surface area contributed by atoms with E-state index in [2.05, 4.69) is 21.2 Å². The molecule has 1 aliphatic heterocycles. The Labute approximate surface area is 206 Å². The van der Waals surface area contributed by atoms with Gasteiger partial charge in [-0.1, -0.05) is 36.4 Å². The van der Waals surface area contributed by atoms with Gasteiger partial charge in [-0.05, 0) is 82.9 Å². The molecule has 0 aliphatic carbocycles. The molecule has 0 aromatic heterocycles. The van der Waals surface area contributed by atoms with E-state index in [1.807, 2.05) is 49.4 Å². The predicted octanol–water partition coefficient (Wildman–Crippen LogP) is 5.91. The van der Waals surface area contributed by atoms with Crippen LogP contribution >= 0.6 is 15.9 Å². The number of rotatable bonds is 7. The Hall–Kier alpha value is -3.58. The summed E-state index contributed by atoms with van der Waals surface area (Å²) >= 11 is 3.44. The Kier molecular flexibility index (Phi) is 7.03. The zero-order valence-corrected chi connectivity index (χ0v) is 20.3. The number of carbonyl (C=O) groups is 2. The molecule has 2 atom stereocenters. The number of hydrogen-bond donors (Lipinski definition) is 2. The predicted molar refractivity (Wildman–Crippen MR) is 133 cm³/mol. The molecular weight excluding hydrogens is 498 g/mol. The van der Waals surface area contributed by atoms with Gasteiger partial charge in [0, 0.05) is 6.42 Å². The molecule has 7 heteroatoms. The third kappa shape index (κ3) is 5.48. The number of benzene rings is 3. The van der Waals surface area contributed by atoms with Gasteiger partial charge in [0.25, 0.3) is 0 Å². The molecule has 4 rings (SSSR count). The average molecular weight is 522 g/mol. The number of carboxylic acid groups (broad SMARTS) is 1.